The van der Waals surface area contributed by atoms with Crippen molar-refractivity contribution in [1.29, 1.82) is 0 Å². The molecule has 8 nitrogen and oxygen atoms in total. The van der Waals surface area contributed by atoms with Gasteiger partial charge in [-0.3, -0.25) is 14.6 Å². The third-order valence-electron chi connectivity index (χ3n) is 5.38. The second kappa shape index (κ2) is 10.7. The summed E-state index contributed by atoms with van der Waals surface area (Å²) in [6.45, 7) is 2.26. The van der Waals surface area contributed by atoms with Crippen molar-refractivity contribution in [1.82, 2.24) is 19.4 Å². The van der Waals surface area contributed by atoms with Crippen molar-refractivity contribution in [2.24, 2.45) is 0 Å². The average molecular weight is 434 g/mol. The van der Waals surface area contributed by atoms with Gasteiger partial charge in [-0.1, -0.05) is 12.1 Å². The molecule has 0 spiro atoms. The first-order chi connectivity index (χ1) is 15.7. The Balaban J connectivity index is 1.43. The molecule has 1 aliphatic rings. The molecule has 4 rings (SSSR count). The fraction of sp³-hybridized carbons (Fsp3) is 0.333. The monoisotopic (exact) mass is 433 g/mol. The van der Waals surface area contributed by atoms with Crippen molar-refractivity contribution in [2.75, 3.05) is 18.5 Å². The second-order valence-corrected chi connectivity index (χ2v) is 7.86. The zero-order chi connectivity index (χ0) is 22.2. The van der Waals surface area contributed by atoms with Crippen molar-refractivity contribution >= 4 is 17.5 Å². The molecule has 1 N–H and O–H groups in total. The quantitative estimate of drug-likeness (QED) is 0.560. The summed E-state index contributed by atoms with van der Waals surface area (Å²) in [6, 6.07) is 10.9. The van der Waals surface area contributed by atoms with Crippen LogP contribution in [0.4, 0.5) is 5.69 Å². The maximum Gasteiger partial charge on any atom is 0.254 e. The van der Waals surface area contributed by atoms with Crippen LogP contribution in [0.3, 0.4) is 0 Å². The number of hydrogen-bond acceptors (Lipinski definition) is 5. The van der Waals surface area contributed by atoms with Gasteiger partial charge in [0.1, 0.15) is 0 Å². The topological polar surface area (TPSA) is 89.4 Å². The maximum atomic E-state index is 13.4. The summed E-state index contributed by atoms with van der Waals surface area (Å²) < 4.78 is 7.62. The Hall–Kier alpha value is -3.52. The molecule has 8 heteroatoms. The number of rotatable bonds is 9. The van der Waals surface area contributed by atoms with Gasteiger partial charge in [0.2, 0.25) is 5.91 Å². The molecule has 166 valence electrons. The fourth-order valence-corrected chi connectivity index (χ4v) is 3.75. The van der Waals surface area contributed by atoms with Gasteiger partial charge in [-0.05, 0) is 42.7 Å². The van der Waals surface area contributed by atoms with E-state index in [4.69, 9.17) is 4.74 Å². The highest BCUT2D eigenvalue weighted by Gasteiger charge is 2.24. The van der Waals surface area contributed by atoms with E-state index >= 15 is 0 Å². The minimum absolute atomic E-state index is 0.0432. The van der Waals surface area contributed by atoms with E-state index in [1.165, 1.54) is 0 Å². The highest BCUT2D eigenvalue weighted by molar-refractivity contribution is 5.97. The van der Waals surface area contributed by atoms with Crippen LogP contribution in [0.2, 0.25) is 0 Å². The molecule has 0 saturated carbocycles. The molecule has 1 unspecified atom stereocenters. The molecule has 2 amide bonds. The molecule has 0 radical (unpaired) electrons. The van der Waals surface area contributed by atoms with E-state index in [1.807, 2.05) is 22.9 Å². The number of anilines is 1. The summed E-state index contributed by atoms with van der Waals surface area (Å²) in [6.07, 6.45) is 11.0. The van der Waals surface area contributed by atoms with Gasteiger partial charge in [-0.25, -0.2) is 4.98 Å². The van der Waals surface area contributed by atoms with E-state index in [1.54, 1.807) is 54.1 Å². The van der Waals surface area contributed by atoms with Crippen molar-refractivity contribution in [3.05, 3.63) is 78.6 Å². The highest BCUT2D eigenvalue weighted by atomic mass is 16.5. The van der Waals surface area contributed by atoms with Gasteiger partial charge in [0.15, 0.2) is 0 Å². The summed E-state index contributed by atoms with van der Waals surface area (Å²) in [5.41, 5.74) is 2.09. The lowest BCUT2D eigenvalue weighted by Gasteiger charge is -2.26. The van der Waals surface area contributed by atoms with Crippen molar-refractivity contribution in [2.45, 2.75) is 38.5 Å². The first-order valence-corrected chi connectivity index (χ1v) is 10.8. The Bertz CT molecular complexity index is 1020. The predicted octanol–water partition coefficient (Wildman–Crippen LogP) is 3.13. The Morgan fingerprint density at radius 1 is 1.19 bits per heavy atom. The second-order valence-electron chi connectivity index (χ2n) is 7.86. The molecule has 32 heavy (non-hydrogen) atoms. The molecule has 1 saturated heterocycles. The molecule has 1 aromatic carbocycles. The van der Waals surface area contributed by atoms with Gasteiger partial charge < -0.3 is 19.5 Å². The van der Waals surface area contributed by atoms with Gasteiger partial charge in [-0.2, -0.15) is 0 Å². The number of nitrogens with one attached hydrogen (secondary N) is 1. The number of amides is 2. The van der Waals surface area contributed by atoms with Gasteiger partial charge in [0.25, 0.3) is 5.91 Å². The Labute approximate surface area is 187 Å². The minimum atomic E-state index is -0.116. The number of ether oxygens (including phenoxy) is 1. The number of hydrogen-bond donors (Lipinski definition) is 1. The Kier molecular flexibility index (Phi) is 7.24. The van der Waals surface area contributed by atoms with E-state index < -0.39 is 0 Å². The molecular formula is C24H27N5O3. The minimum Gasteiger partial charge on any atom is -0.376 e. The number of carbonyl (C=O) groups is 2. The summed E-state index contributed by atoms with van der Waals surface area (Å²) >= 11 is 0. The van der Waals surface area contributed by atoms with Crippen molar-refractivity contribution < 1.29 is 14.3 Å². The molecular weight excluding hydrogens is 406 g/mol. The van der Waals surface area contributed by atoms with Crippen LogP contribution >= 0.6 is 0 Å². The molecule has 3 aromatic rings. The molecule has 0 aliphatic carbocycles. The van der Waals surface area contributed by atoms with Crippen LogP contribution in [0.5, 0.6) is 0 Å². The van der Waals surface area contributed by atoms with E-state index in [9.17, 15) is 9.59 Å². The molecule has 2 aromatic heterocycles. The molecule has 0 bridgehead atoms. The van der Waals surface area contributed by atoms with E-state index in [-0.39, 0.29) is 17.9 Å². The van der Waals surface area contributed by atoms with E-state index in [0.717, 1.165) is 25.0 Å². The predicted molar refractivity (Wildman–Crippen MR) is 120 cm³/mol. The van der Waals surface area contributed by atoms with E-state index in [0.29, 0.717) is 37.3 Å². The zero-order valence-electron chi connectivity index (χ0n) is 17.9. The van der Waals surface area contributed by atoms with Crippen LogP contribution in [-0.4, -0.2) is 50.5 Å². The number of pyridine rings is 1. The smallest absolute Gasteiger partial charge is 0.254 e. The number of benzene rings is 1. The normalized spacial score (nSPS) is 15.4. The SMILES string of the molecule is O=C(CCn1ccnc1)Nc1cccc(C(=O)N(Cc2cccnc2)CC2CCCO2)c1. The number of imidazole rings is 1. The first kappa shape index (κ1) is 21.7. The Morgan fingerprint density at radius 3 is 2.88 bits per heavy atom. The van der Waals surface area contributed by atoms with Gasteiger partial charge >= 0.3 is 0 Å². The summed E-state index contributed by atoms with van der Waals surface area (Å²) in [7, 11) is 0. The number of nitrogens with zero attached hydrogens (tertiary/aromatic N) is 4. The lowest BCUT2D eigenvalue weighted by Crippen LogP contribution is -2.37. The van der Waals surface area contributed by atoms with Crippen LogP contribution < -0.4 is 5.32 Å². The fourth-order valence-electron chi connectivity index (χ4n) is 3.75. The third kappa shape index (κ3) is 6.01. The maximum absolute atomic E-state index is 13.4. The largest absolute Gasteiger partial charge is 0.376 e. The molecule has 1 aliphatic heterocycles. The number of aryl methyl sites for hydroxylation is 1. The molecule has 3 heterocycles. The molecule has 1 atom stereocenters. The van der Waals surface area contributed by atoms with Crippen LogP contribution in [0.15, 0.2) is 67.5 Å². The van der Waals surface area contributed by atoms with Crippen LogP contribution in [-0.2, 0) is 22.6 Å². The first-order valence-electron chi connectivity index (χ1n) is 10.8. The van der Waals surface area contributed by atoms with Gasteiger partial charge in [0.05, 0.1) is 12.4 Å². The lowest BCUT2D eigenvalue weighted by atomic mass is 10.1. The van der Waals surface area contributed by atoms with Gasteiger partial charge in [-0.15, -0.1) is 0 Å². The van der Waals surface area contributed by atoms with Crippen LogP contribution in [0, 0.1) is 0 Å². The number of carbonyl (C=O) groups excluding carboxylic acids is 2. The third-order valence-corrected chi connectivity index (χ3v) is 5.38. The summed E-state index contributed by atoms with van der Waals surface area (Å²) in [4.78, 5) is 35.6. The Morgan fingerprint density at radius 2 is 2.12 bits per heavy atom. The summed E-state index contributed by atoms with van der Waals surface area (Å²) in [5, 5.41) is 2.88. The van der Waals surface area contributed by atoms with E-state index in [2.05, 4.69) is 15.3 Å². The van der Waals surface area contributed by atoms with Crippen molar-refractivity contribution in [3.8, 4) is 0 Å². The lowest BCUT2D eigenvalue weighted by molar-refractivity contribution is -0.116. The van der Waals surface area contributed by atoms with Crippen LogP contribution in [0.1, 0.15) is 35.2 Å². The molecule has 1 fully saturated rings. The standard InChI is InChI=1S/C24H27N5O3/c30-23(8-11-28-12-10-26-18-28)27-21-6-1-5-20(14-21)24(31)29(17-22-7-3-13-32-22)16-19-4-2-9-25-15-19/h1-2,4-6,9-10,12,14-15,18,22H,3,7-8,11,13,16-17H2,(H,27,30). The number of aromatic nitrogens is 3. The summed E-state index contributed by atoms with van der Waals surface area (Å²) in [5.74, 6) is -0.214. The van der Waals surface area contributed by atoms with Crippen molar-refractivity contribution in [3.63, 3.8) is 0 Å². The van der Waals surface area contributed by atoms with Gasteiger partial charge in [0, 0.05) is 68.7 Å². The van der Waals surface area contributed by atoms with Crippen LogP contribution in [0.25, 0.3) is 0 Å². The average Bonchev–Trinajstić information content (AvgIpc) is 3.52. The highest BCUT2D eigenvalue weighted by Crippen LogP contribution is 2.19. The zero-order valence-corrected chi connectivity index (χ0v) is 17.9.